The minimum absolute atomic E-state index is 0.0344. The van der Waals surface area contributed by atoms with Crippen LogP contribution < -0.4 is 10.1 Å². The maximum absolute atomic E-state index is 11.7. The number of carbonyl (C=O) groups excluding carboxylic acids is 1. The average molecular weight is 334 g/mol. The molecule has 2 aromatic carbocycles. The van der Waals surface area contributed by atoms with Crippen LogP contribution in [0.3, 0.4) is 0 Å². The molecule has 104 valence electrons. The first-order valence-electron chi connectivity index (χ1n) is 6.38. The number of nitrogens with one attached hydrogen (secondary N) is 1. The number of benzene rings is 2. The molecule has 0 bridgehead atoms. The van der Waals surface area contributed by atoms with E-state index in [2.05, 4.69) is 21.2 Å². The van der Waals surface area contributed by atoms with E-state index in [1.807, 2.05) is 49.4 Å². The first-order chi connectivity index (χ1) is 9.65. The predicted octanol–water partition coefficient (Wildman–Crippen LogP) is 4.47. The number of halogens is 1. The van der Waals surface area contributed by atoms with Crippen LogP contribution in [0.4, 0.5) is 5.69 Å². The number of hydrogen-bond donors (Lipinski definition) is 1. The summed E-state index contributed by atoms with van der Waals surface area (Å²) in [6.07, 6.45) is 0.428. The summed E-state index contributed by atoms with van der Waals surface area (Å²) < 4.78 is 6.37. The van der Waals surface area contributed by atoms with Crippen LogP contribution in [0, 0.1) is 0 Å². The summed E-state index contributed by atoms with van der Waals surface area (Å²) in [7, 11) is 1.60. The number of rotatable bonds is 4. The van der Waals surface area contributed by atoms with Gasteiger partial charge in [-0.15, -0.1) is 0 Å². The van der Waals surface area contributed by atoms with Gasteiger partial charge < -0.3 is 10.1 Å². The van der Waals surface area contributed by atoms with Crippen molar-refractivity contribution < 1.29 is 9.53 Å². The smallest absolute Gasteiger partial charge is 0.224 e. The number of carbonyl (C=O) groups is 1. The molecule has 0 aliphatic rings. The fraction of sp³-hybridized carbons (Fsp3) is 0.188. The molecule has 0 aliphatic carbocycles. The Balaban J connectivity index is 2.51. The standard InChI is InChI=1S/C16H16BrNO2/c1-3-15(19)18-16-13(5-4-6-14(16)20-2)11-7-9-12(17)10-8-11/h4-10H,3H2,1-2H3,(H,18,19). The van der Waals surface area contributed by atoms with Crippen LogP contribution in [0.1, 0.15) is 13.3 Å². The normalized spacial score (nSPS) is 10.2. The molecule has 2 rings (SSSR count). The van der Waals surface area contributed by atoms with Gasteiger partial charge in [0.15, 0.2) is 0 Å². The van der Waals surface area contributed by atoms with Crippen molar-refractivity contribution in [2.45, 2.75) is 13.3 Å². The Labute approximate surface area is 127 Å². The fourth-order valence-electron chi connectivity index (χ4n) is 1.93. The summed E-state index contributed by atoms with van der Waals surface area (Å²) in [5.74, 6) is 0.625. The van der Waals surface area contributed by atoms with Gasteiger partial charge in [0.1, 0.15) is 5.75 Å². The van der Waals surface area contributed by atoms with Crippen molar-refractivity contribution in [3.63, 3.8) is 0 Å². The molecule has 0 aliphatic heterocycles. The van der Waals surface area contributed by atoms with Crippen LogP contribution in [-0.2, 0) is 4.79 Å². The van der Waals surface area contributed by atoms with Gasteiger partial charge in [0.25, 0.3) is 0 Å². The third-order valence-corrected chi connectivity index (χ3v) is 3.52. The van der Waals surface area contributed by atoms with Crippen molar-refractivity contribution in [3.05, 3.63) is 46.9 Å². The van der Waals surface area contributed by atoms with Crippen molar-refractivity contribution in [3.8, 4) is 16.9 Å². The number of anilines is 1. The van der Waals surface area contributed by atoms with E-state index in [-0.39, 0.29) is 5.91 Å². The minimum Gasteiger partial charge on any atom is -0.495 e. The largest absolute Gasteiger partial charge is 0.495 e. The molecule has 0 atom stereocenters. The fourth-order valence-corrected chi connectivity index (χ4v) is 2.19. The summed E-state index contributed by atoms with van der Waals surface area (Å²) in [4.78, 5) is 11.7. The lowest BCUT2D eigenvalue weighted by molar-refractivity contribution is -0.115. The Bertz CT molecular complexity index is 608. The molecule has 0 heterocycles. The van der Waals surface area contributed by atoms with Gasteiger partial charge in [-0.1, -0.05) is 47.1 Å². The lowest BCUT2D eigenvalue weighted by Gasteiger charge is -2.15. The molecule has 0 aromatic heterocycles. The second-order valence-corrected chi connectivity index (χ2v) is 5.21. The van der Waals surface area contributed by atoms with Crippen LogP contribution in [0.2, 0.25) is 0 Å². The summed E-state index contributed by atoms with van der Waals surface area (Å²) >= 11 is 3.42. The van der Waals surface area contributed by atoms with E-state index >= 15 is 0 Å². The molecule has 0 saturated carbocycles. The molecule has 0 saturated heterocycles. The van der Waals surface area contributed by atoms with E-state index in [9.17, 15) is 4.79 Å². The Morgan fingerprint density at radius 3 is 2.50 bits per heavy atom. The highest BCUT2D eigenvalue weighted by atomic mass is 79.9. The van der Waals surface area contributed by atoms with E-state index < -0.39 is 0 Å². The third-order valence-electron chi connectivity index (χ3n) is 2.99. The van der Waals surface area contributed by atoms with E-state index in [1.54, 1.807) is 7.11 Å². The van der Waals surface area contributed by atoms with Crippen molar-refractivity contribution in [2.75, 3.05) is 12.4 Å². The molecule has 0 unspecified atom stereocenters. The zero-order valence-corrected chi connectivity index (χ0v) is 13.0. The molecule has 4 heteroatoms. The quantitative estimate of drug-likeness (QED) is 0.896. The molecule has 2 aromatic rings. The summed E-state index contributed by atoms with van der Waals surface area (Å²) in [5.41, 5.74) is 2.68. The Kier molecular flexibility index (Phi) is 4.79. The molecule has 3 nitrogen and oxygen atoms in total. The van der Waals surface area contributed by atoms with Crippen molar-refractivity contribution in [2.24, 2.45) is 0 Å². The van der Waals surface area contributed by atoms with Gasteiger partial charge in [-0.25, -0.2) is 0 Å². The van der Waals surface area contributed by atoms with Crippen LogP contribution in [-0.4, -0.2) is 13.0 Å². The van der Waals surface area contributed by atoms with Gasteiger partial charge >= 0.3 is 0 Å². The van der Waals surface area contributed by atoms with Gasteiger partial charge in [0.05, 0.1) is 12.8 Å². The SMILES string of the molecule is CCC(=O)Nc1c(OC)cccc1-c1ccc(Br)cc1. The zero-order valence-electron chi connectivity index (χ0n) is 11.4. The first kappa shape index (κ1) is 14.6. The average Bonchev–Trinajstić information content (AvgIpc) is 2.48. The molecule has 0 fully saturated rings. The van der Waals surface area contributed by atoms with Crippen molar-refractivity contribution >= 4 is 27.5 Å². The summed E-state index contributed by atoms with van der Waals surface area (Å²) in [6.45, 7) is 1.82. The van der Waals surface area contributed by atoms with E-state index in [1.165, 1.54) is 0 Å². The second kappa shape index (κ2) is 6.57. The number of hydrogen-bond acceptors (Lipinski definition) is 2. The number of para-hydroxylation sites is 1. The van der Waals surface area contributed by atoms with Gasteiger partial charge in [0, 0.05) is 16.5 Å². The molecular formula is C16H16BrNO2. The lowest BCUT2D eigenvalue weighted by atomic mass is 10.0. The Morgan fingerprint density at radius 1 is 1.20 bits per heavy atom. The number of methoxy groups -OCH3 is 1. The van der Waals surface area contributed by atoms with Crippen LogP contribution in [0.25, 0.3) is 11.1 Å². The molecule has 1 amide bonds. The number of ether oxygens (including phenoxy) is 1. The van der Waals surface area contributed by atoms with Gasteiger partial charge in [-0.3, -0.25) is 4.79 Å². The van der Waals surface area contributed by atoms with Crippen molar-refractivity contribution in [1.82, 2.24) is 0 Å². The highest BCUT2D eigenvalue weighted by Crippen LogP contribution is 2.36. The second-order valence-electron chi connectivity index (χ2n) is 4.29. The minimum atomic E-state index is -0.0344. The van der Waals surface area contributed by atoms with Gasteiger partial charge in [-0.05, 0) is 23.8 Å². The molecule has 0 radical (unpaired) electrons. The maximum atomic E-state index is 11.7. The topological polar surface area (TPSA) is 38.3 Å². The van der Waals surface area contributed by atoms with E-state index in [4.69, 9.17) is 4.74 Å². The number of amides is 1. The zero-order chi connectivity index (χ0) is 14.5. The van der Waals surface area contributed by atoms with E-state index in [0.717, 1.165) is 15.6 Å². The van der Waals surface area contributed by atoms with Crippen molar-refractivity contribution in [1.29, 1.82) is 0 Å². The first-order valence-corrected chi connectivity index (χ1v) is 7.17. The molecule has 1 N–H and O–H groups in total. The van der Waals surface area contributed by atoms with Crippen LogP contribution >= 0.6 is 15.9 Å². The molecule has 0 spiro atoms. The van der Waals surface area contributed by atoms with Gasteiger partial charge in [0.2, 0.25) is 5.91 Å². The monoisotopic (exact) mass is 333 g/mol. The Morgan fingerprint density at radius 2 is 1.90 bits per heavy atom. The van der Waals surface area contributed by atoms with Gasteiger partial charge in [-0.2, -0.15) is 0 Å². The third kappa shape index (κ3) is 3.20. The molecule has 20 heavy (non-hydrogen) atoms. The lowest BCUT2D eigenvalue weighted by Crippen LogP contribution is -2.11. The molecular weight excluding hydrogens is 318 g/mol. The summed E-state index contributed by atoms with van der Waals surface area (Å²) in [5, 5.41) is 2.92. The van der Waals surface area contributed by atoms with E-state index in [0.29, 0.717) is 17.9 Å². The summed E-state index contributed by atoms with van der Waals surface area (Å²) in [6, 6.07) is 13.7. The van der Waals surface area contributed by atoms with Crippen LogP contribution in [0.15, 0.2) is 46.9 Å². The Hall–Kier alpha value is -1.81. The highest BCUT2D eigenvalue weighted by molar-refractivity contribution is 9.10. The predicted molar refractivity (Wildman–Crippen MR) is 85.1 cm³/mol. The van der Waals surface area contributed by atoms with Crippen LogP contribution in [0.5, 0.6) is 5.75 Å². The maximum Gasteiger partial charge on any atom is 0.224 e. The highest BCUT2D eigenvalue weighted by Gasteiger charge is 2.12.